The molecule has 1 aromatic heterocycles. The zero-order valence-electron chi connectivity index (χ0n) is 11.1. The molecule has 1 N–H and O–H groups in total. The first-order chi connectivity index (χ1) is 9.49. The minimum absolute atomic E-state index is 0.145. The number of hydrogen-bond acceptors (Lipinski definition) is 3. The summed E-state index contributed by atoms with van der Waals surface area (Å²) in [7, 11) is 0. The van der Waals surface area contributed by atoms with Crippen molar-refractivity contribution in [2.45, 2.75) is 36.9 Å². The number of anilines is 1. The van der Waals surface area contributed by atoms with Gasteiger partial charge in [0.2, 0.25) is 11.6 Å². The lowest BCUT2D eigenvalue weighted by Gasteiger charge is -2.36. The van der Waals surface area contributed by atoms with Crippen LogP contribution in [-0.2, 0) is 0 Å². The van der Waals surface area contributed by atoms with Gasteiger partial charge in [-0.2, -0.15) is 34.3 Å². The van der Waals surface area contributed by atoms with Crippen LogP contribution in [0.15, 0.2) is 0 Å². The summed E-state index contributed by atoms with van der Waals surface area (Å²) < 4.78 is 52.9. The predicted octanol–water partition coefficient (Wildman–Crippen LogP) is 4.12. The third-order valence-corrected chi connectivity index (χ3v) is 5.20. The van der Waals surface area contributed by atoms with Crippen LogP contribution in [0.25, 0.3) is 0 Å². The molecule has 0 saturated heterocycles. The first kappa shape index (κ1) is 15.4. The maximum absolute atomic E-state index is 13.5. The summed E-state index contributed by atoms with van der Waals surface area (Å²) in [6.45, 7) is 0.269. The lowest BCUT2D eigenvalue weighted by molar-refractivity contribution is 0.399. The van der Waals surface area contributed by atoms with Crippen LogP contribution in [0, 0.1) is 23.5 Å². The fourth-order valence-corrected chi connectivity index (χ4v) is 3.45. The molecule has 0 atom stereocenters. The molecule has 2 nitrogen and oxygen atoms in total. The smallest absolute Gasteiger partial charge is 0.253 e. The molecule has 1 aromatic rings. The van der Waals surface area contributed by atoms with Gasteiger partial charge in [0.05, 0.1) is 0 Å². The molecule has 1 heterocycles. The average Bonchev–Trinajstić information content (AvgIpc) is 2.46. The van der Waals surface area contributed by atoms with Gasteiger partial charge in [-0.1, -0.05) is 19.3 Å². The van der Waals surface area contributed by atoms with Crippen molar-refractivity contribution in [3.8, 4) is 0 Å². The minimum Gasteiger partial charge on any atom is -0.379 e. The fraction of sp³-hybridized carbons (Fsp3) is 0.615. The van der Waals surface area contributed by atoms with Gasteiger partial charge in [0, 0.05) is 11.3 Å². The molecule has 7 heteroatoms. The summed E-state index contributed by atoms with van der Waals surface area (Å²) in [5.74, 6) is -6.21. The molecular formula is C13H16F4N2S. The molecule has 1 aliphatic rings. The van der Waals surface area contributed by atoms with E-state index in [1.807, 2.05) is 6.26 Å². The number of aromatic nitrogens is 1. The highest BCUT2D eigenvalue weighted by molar-refractivity contribution is 8.00. The van der Waals surface area contributed by atoms with Crippen molar-refractivity contribution in [1.82, 2.24) is 4.98 Å². The molecule has 0 radical (unpaired) electrons. The Bertz CT molecular complexity index is 463. The van der Waals surface area contributed by atoms with E-state index in [-0.39, 0.29) is 11.3 Å². The van der Waals surface area contributed by atoms with Crippen LogP contribution in [0.5, 0.6) is 0 Å². The molecule has 1 fully saturated rings. The first-order valence-electron chi connectivity index (χ1n) is 6.48. The Hall–Kier alpha value is -0.980. The maximum atomic E-state index is 13.5. The Balaban J connectivity index is 2.18. The number of rotatable bonds is 4. The van der Waals surface area contributed by atoms with E-state index in [9.17, 15) is 17.6 Å². The number of nitrogens with zero attached hydrogens (tertiary/aromatic N) is 1. The van der Waals surface area contributed by atoms with E-state index < -0.39 is 29.2 Å². The molecule has 0 unspecified atom stereocenters. The summed E-state index contributed by atoms with van der Waals surface area (Å²) >= 11 is 1.62. The maximum Gasteiger partial charge on any atom is 0.253 e. The topological polar surface area (TPSA) is 24.9 Å². The van der Waals surface area contributed by atoms with Gasteiger partial charge < -0.3 is 5.32 Å². The number of pyridine rings is 1. The minimum atomic E-state index is -1.63. The summed E-state index contributed by atoms with van der Waals surface area (Å²) in [6.07, 6.45) is 7.01. The third-order valence-electron chi connectivity index (χ3n) is 3.78. The Morgan fingerprint density at radius 2 is 1.60 bits per heavy atom. The van der Waals surface area contributed by atoms with Gasteiger partial charge in [0.1, 0.15) is 5.69 Å². The number of nitrogens with one attached hydrogen (secondary N) is 1. The lowest BCUT2D eigenvalue weighted by atomic mass is 9.88. The molecular weight excluding hydrogens is 292 g/mol. The normalized spacial score (nSPS) is 18.1. The summed E-state index contributed by atoms with van der Waals surface area (Å²) in [5.41, 5.74) is -0.769. The Labute approximate surface area is 119 Å². The van der Waals surface area contributed by atoms with Crippen LogP contribution in [-0.4, -0.2) is 22.5 Å². The Morgan fingerprint density at radius 3 is 2.10 bits per heavy atom. The van der Waals surface area contributed by atoms with E-state index in [1.165, 1.54) is 0 Å². The van der Waals surface area contributed by atoms with Gasteiger partial charge in [-0.25, -0.2) is 0 Å². The number of halogens is 4. The molecule has 20 heavy (non-hydrogen) atoms. The SMILES string of the molecule is CSC1(CNc2c(F)c(F)nc(F)c2F)CCCCC1. The summed E-state index contributed by atoms with van der Waals surface area (Å²) in [6, 6.07) is 0. The second-order valence-corrected chi connectivity index (χ2v) is 6.27. The highest BCUT2D eigenvalue weighted by Gasteiger charge is 2.32. The van der Waals surface area contributed by atoms with Crippen molar-refractivity contribution < 1.29 is 17.6 Å². The second-order valence-electron chi connectivity index (χ2n) is 5.00. The van der Waals surface area contributed by atoms with Crippen LogP contribution in [0.2, 0.25) is 0 Å². The second kappa shape index (κ2) is 6.20. The van der Waals surface area contributed by atoms with E-state index in [2.05, 4.69) is 10.3 Å². The van der Waals surface area contributed by atoms with Gasteiger partial charge in [-0.05, 0) is 19.1 Å². The molecule has 1 aliphatic carbocycles. The van der Waals surface area contributed by atoms with Crippen LogP contribution >= 0.6 is 11.8 Å². The molecule has 0 aliphatic heterocycles. The van der Waals surface area contributed by atoms with E-state index >= 15 is 0 Å². The fourth-order valence-electron chi connectivity index (χ4n) is 2.54. The van der Waals surface area contributed by atoms with Crippen molar-refractivity contribution >= 4 is 17.4 Å². The average molecular weight is 308 g/mol. The lowest BCUT2D eigenvalue weighted by Crippen LogP contribution is -2.36. The van der Waals surface area contributed by atoms with Crippen LogP contribution in [0.3, 0.4) is 0 Å². The molecule has 0 aromatic carbocycles. The molecule has 112 valence electrons. The van der Waals surface area contributed by atoms with Gasteiger partial charge in [-0.15, -0.1) is 0 Å². The standard InChI is InChI=1S/C13H16F4N2S/c1-20-13(5-3-2-4-6-13)7-18-10-8(14)11(16)19-12(17)9(10)15/h2-7H2,1H3,(H,18,19). The van der Waals surface area contributed by atoms with Crippen molar-refractivity contribution in [1.29, 1.82) is 0 Å². The largest absolute Gasteiger partial charge is 0.379 e. The van der Waals surface area contributed by atoms with E-state index in [0.717, 1.165) is 32.1 Å². The quantitative estimate of drug-likeness (QED) is 0.669. The van der Waals surface area contributed by atoms with Crippen molar-refractivity contribution in [2.75, 3.05) is 18.1 Å². The van der Waals surface area contributed by atoms with Crippen molar-refractivity contribution in [3.63, 3.8) is 0 Å². The number of hydrogen-bond donors (Lipinski definition) is 1. The highest BCUT2D eigenvalue weighted by Crippen LogP contribution is 2.39. The first-order valence-corrected chi connectivity index (χ1v) is 7.70. The van der Waals surface area contributed by atoms with E-state index in [1.54, 1.807) is 11.8 Å². The molecule has 0 spiro atoms. The Morgan fingerprint density at radius 1 is 1.05 bits per heavy atom. The molecule has 0 amide bonds. The van der Waals surface area contributed by atoms with Crippen LogP contribution < -0.4 is 5.32 Å². The zero-order chi connectivity index (χ0) is 14.8. The van der Waals surface area contributed by atoms with Gasteiger partial charge in [0.15, 0.2) is 0 Å². The van der Waals surface area contributed by atoms with Gasteiger partial charge in [0.25, 0.3) is 11.9 Å². The third kappa shape index (κ3) is 3.02. The van der Waals surface area contributed by atoms with Crippen LogP contribution in [0.1, 0.15) is 32.1 Å². The summed E-state index contributed by atoms with van der Waals surface area (Å²) in [4.78, 5) is 2.54. The number of thioether (sulfide) groups is 1. The van der Waals surface area contributed by atoms with Gasteiger partial charge in [-0.3, -0.25) is 0 Å². The van der Waals surface area contributed by atoms with Crippen LogP contribution in [0.4, 0.5) is 23.2 Å². The Kier molecular flexibility index (Phi) is 4.78. The predicted molar refractivity (Wildman–Crippen MR) is 71.9 cm³/mol. The van der Waals surface area contributed by atoms with E-state index in [4.69, 9.17) is 0 Å². The van der Waals surface area contributed by atoms with E-state index in [0.29, 0.717) is 0 Å². The molecule has 0 bridgehead atoms. The monoisotopic (exact) mass is 308 g/mol. The zero-order valence-corrected chi connectivity index (χ0v) is 11.9. The van der Waals surface area contributed by atoms with Crippen molar-refractivity contribution in [3.05, 3.63) is 23.5 Å². The molecule has 1 saturated carbocycles. The summed E-state index contributed by atoms with van der Waals surface area (Å²) in [5, 5.41) is 2.53. The van der Waals surface area contributed by atoms with Gasteiger partial charge >= 0.3 is 0 Å². The highest BCUT2D eigenvalue weighted by atomic mass is 32.2. The van der Waals surface area contributed by atoms with Crippen molar-refractivity contribution in [2.24, 2.45) is 0 Å². The molecule has 2 rings (SSSR count).